The molecule has 4 nitrogen and oxygen atoms in total. The van der Waals surface area contributed by atoms with Gasteiger partial charge in [0.1, 0.15) is 17.2 Å². The fraction of sp³-hybridized carbons (Fsp3) is 0.176. The minimum absolute atomic E-state index is 0.0305. The molecule has 0 aromatic heterocycles. The zero-order valence-electron chi connectivity index (χ0n) is 13.2. The second-order valence-corrected chi connectivity index (χ2v) is 5.21. The molecule has 0 bridgehead atoms. The number of carbonyl (C=O) groups excluding carboxylic acids is 2. The first-order valence-electron chi connectivity index (χ1n) is 7.22. The SMILES string of the molecule is CC(OC(=O)c1c(F)cccc1F)C(=O)Nc1ccc(C(F)(F)F)cc1. The third-order valence-corrected chi connectivity index (χ3v) is 3.30. The van der Waals surface area contributed by atoms with Crippen LogP contribution in [0.5, 0.6) is 0 Å². The number of esters is 1. The highest BCUT2D eigenvalue weighted by molar-refractivity contribution is 5.97. The molecule has 0 aliphatic rings. The highest BCUT2D eigenvalue weighted by Gasteiger charge is 2.30. The van der Waals surface area contributed by atoms with Gasteiger partial charge < -0.3 is 10.1 Å². The highest BCUT2D eigenvalue weighted by atomic mass is 19.4. The molecule has 0 saturated heterocycles. The molecule has 0 radical (unpaired) electrons. The smallest absolute Gasteiger partial charge is 0.416 e. The molecule has 0 heterocycles. The molecule has 9 heteroatoms. The van der Waals surface area contributed by atoms with E-state index in [0.29, 0.717) is 0 Å². The van der Waals surface area contributed by atoms with Gasteiger partial charge in [0.15, 0.2) is 6.10 Å². The van der Waals surface area contributed by atoms with Gasteiger partial charge in [-0.15, -0.1) is 0 Å². The summed E-state index contributed by atoms with van der Waals surface area (Å²) < 4.78 is 69.1. The maximum atomic E-state index is 13.5. The number of hydrogen-bond donors (Lipinski definition) is 1. The van der Waals surface area contributed by atoms with E-state index in [1.807, 2.05) is 0 Å². The Morgan fingerprint density at radius 3 is 2.04 bits per heavy atom. The summed E-state index contributed by atoms with van der Waals surface area (Å²) in [6.45, 7) is 1.15. The molecule has 2 aromatic carbocycles. The summed E-state index contributed by atoms with van der Waals surface area (Å²) in [5, 5.41) is 2.24. The zero-order chi connectivity index (χ0) is 19.5. The number of amides is 1. The predicted molar refractivity (Wildman–Crippen MR) is 81.3 cm³/mol. The van der Waals surface area contributed by atoms with Gasteiger partial charge in [0.05, 0.1) is 5.56 Å². The van der Waals surface area contributed by atoms with Crippen molar-refractivity contribution in [1.82, 2.24) is 0 Å². The van der Waals surface area contributed by atoms with Crippen LogP contribution in [0.1, 0.15) is 22.8 Å². The van der Waals surface area contributed by atoms with Crippen molar-refractivity contribution in [3.05, 3.63) is 65.2 Å². The van der Waals surface area contributed by atoms with Gasteiger partial charge in [0.2, 0.25) is 0 Å². The molecule has 1 unspecified atom stereocenters. The standard InChI is InChI=1S/C17H12F5NO3/c1-9(26-16(25)14-12(18)3-2-4-13(14)19)15(24)23-11-7-5-10(6-8-11)17(20,21)22/h2-9H,1H3,(H,23,24). The first-order valence-corrected chi connectivity index (χ1v) is 7.22. The number of benzene rings is 2. The summed E-state index contributed by atoms with van der Waals surface area (Å²) >= 11 is 0. The summed E-state index contributed by atoms with van der Waals surface area (Å²) in [7, 11) is 0. The van der Waals surface area contributed by atoms with Crippen LogP contribution in [0.15, 0.2) is 42.5 Å². The maximum absolute atomic E-state index is 13.5. The Kier molecular flexibility index (Phi) is 5.59. The summed E-state index contributed by atoms with van der Waals surface area (Å²) in [4.78, 5) is 23.7. The number of hydrogen-bond acceptors (Lipinski definition) is 3. The number of anilines is 1. The van der Waals surface area contributed by atoms with Gasteiger partial charge >= 0.3 is 12.1 Å². The Morgan fingerprint density at radius 1 is 1.00 bits per heavy atom. The normalized spacial score (nSPS) is 12.4. The fourth-order valence-corrected chi connectivity index (χ4v) is 1.95. The molecule has 26 heavy (non-hydrogen) atoms. The number of alkyl halides is 3. The van der Waals surface area contributed by atoms with E-state index in [4.69, 9.17) is 4.74 Å². The lowest BCUT2D eigenvalue weighted by atomic mass is 10.2. The molecule has 0 spiro atoms. The van der Waals surface area contributed by atoms with E-state index in [1.54, 1.807) is 0 Å². The number of halogens is 5. The van der Waals surface area contributed by atoms with Crippen molar-refractivity contribution < 1.29 is 36.3 Å². The zero-order valence-corrected chi connectivity index (χ0v) is 13.2. The molecule has 138 valence electrons. The lowest BCUT2D eigenvalue weighted by molar-refractivity contribution is -0.137. The molecular weight excluding hydrogens is 361 g/mol. The second kappa shape index (κ2) is 7.51. The van der Waals surface area contributed by atoms with Crippen molar-refractivity contribution >= 4 is 17.6 Å². The monoisotopic (exact) mass is 373 g/mol. The van der Waals surface area contributed by atoms with Crippen LogP contribution in [0.3, 0.4) is 0 Å². The first kappa shape index (κ1) is 19.4. The van der Waals surface area contributed by atoms with Gasteiger partial charge in [-0.3, -0.25) is 4.79 Å². The van der Waals surface area contributed by atoms with Crippen LogP contribution < -0.4 is 5.32 Å². The number of carbonyl (C=O) groups is 2. The van der Waals surface area contributed by atoms with Crippen molar-refractivity contribution in [2.45, 2.75) is 19.2 Å². The third-order valence-electron chi connectivity index (χ3n) is 3.30. The van der Waals surface area contributed by atoms with E-state index in [2.05, 4.69) is 5.32 Å². The average molecular weight is 373 g/mol. The van der Waals surface area contributed by atoms with Crippen molar-refractivity contribution in [3.8, 4) is 0 Å². The molecule has 2 rings (SSSR count). The lowest BCUT2D eigenvalue weighted by Gasteiger charge is -2.14. The van der Waals surface area contributed by atoms with Crippen LogP contribution in [0, 0.1) is 11.6 Å². The molecule has 0 aliphatic carbocycles. The van der Waals surface area contributed by atoms with E-state index >= 15 is 0 Å². The molecule has 0 aliphatic heterocycles. The predicted octanol–water partition coefficient (Wildman–Crippen LogP) is 4.17. The third kappa shape index (κ3) is 4.56. The van der Waals surface area contributed by atoms with E-state index < -0.39 is 46.9 Å². The summed E-state index contributed by atoms with van der Waals surface area (Å²) in [5.41, 5.74) is -1.81. The van der Waals surface area contributed by atoms with Crippen LogP contribution in [-0.2, 0) is 15.7 Å². The number of ether oxygens (including phenoxy) is 1. The van der Waals surface area contributed by atoms with E-state index in [0.717, 1.165) is 49.4 Å². The van der Waals surface area contributed by atoms with Gasteiger partial charge in [0, 0.05) is 5.69 Å². The largest absolute Gasteiger partial charge is 0.449 e. The van der Waals surface area contributed by atoms with Crippen molar-refractivity contribution in [1.29, 1.82) is 0 Å². The van der Waals surface area contributed by atoms with Gasteiger partial charge in [-0.2, -0.15) is 13.2 Å². The van der Waals surface area contributed by atoms with E-state index in [1.165, 1.54) is 0 Å². The molecule has 0 fully saturated rings. The Labute approximate surface area is 144 Å². The van der Waals surface area contributed by atoms with E-state index in [9.17, 15) is 31.5 Å². The first-order chi connectivity index (χ1) is 12.1. The lowest BCUT2D eigenvalue weighted by Crippen LogP contribution is -2.30. The van der Waals surface area contributed by atoms with Gasteiger partial charge in [-0.05, 0) is 43.3 Å². The molecule has 1 atom stereocenters. The number of nitrogens with one attached hydrogen (secondary N) is 1. The second-order valence-electron chi connectivity index (χ2n) is 5.21. The summed E-state index contributed by atoms with van der Waals surface area (Å²) in [5.74, 6) is -4.55. The Bertz CT molecular complexity index is 798. The minimum Gasteiger partial charge on any atom is -0.449 e. The molecule has 2 aromatic rings. The summed E-state index contributed by atoms with van der Waals surface area (Å²) in [6, 6.07) is 6.33. The summed E-state index contributed by atoms with van der Waals surface area (Å²) in [6.07, 6.45) is -5.96. The van der Waals surface area contributed by atoms with Crippen molar-refractivity contribution in [2.75, 3.05) is 5.32 Å². The van der Waals surface area contributed by atoms with Crippen molar-refractivity contribution in [3.63, 3.8) is 0 Å². The molecule has 1 N–H and O–H groups in total. The maximum Gasteiger partial charge on any atom is 0.416 e. The molecular formula is C17H12F5NO3. The topological polar surface area (TPSA) is 55.4 Å². The Morgan fingerprint density at radius 2 is 1.54 bits per heavy atom. The molecule has 1 amide bonds. The van der Waals surface area contributed by atoms with Crippen LogP contribution in [0.25, 0.3) is 0 Å². The van der Waals surface area contributed by atoms with E-state index in [-0.39, 0.29) is 5.69 Å². The van der Waals surface area contributed by atoms with Crippen LogP contribution in [-0.4, -0.2) is 18.0 Å². The fourth-order valence-electron chi connectivity index (χ4n) is 1.95. The Hall–Kier alpha value is -2.97. The number of rotatable bonds is 4. The quantitative estimate of drug-likeness (QED) is 0.647. The average Bonchev–Trinajstić information content (AvgIpc) is 2.54. The Balaban J connectivity index is 2.02. The van der Waals surface area contributed by atoms with Gasteiger partial charge in [0.25, 0.3) is 5.91 Å². The minimum atomic E-state index is -4.52. The molecule has 0 saturated carbocycles. The van der Waals surface area contributed by atoms with Gasteiger partial charge in [-0.25, -0.2) is 13.6 Å². The van der Waals surface area contributed by atoms with Crippen molar-refractivity contribution in [2.24, 2.45) is 0 Å². The van der Waals surface area contributed by atoms with Crippen LogP contribution in [0.2, 0.25) is 0 Å². The van der Waals surface area contributed by atoms with Crippen LogP contribution >= 0.6 is 0 Å². The van der Waals surface area contributed by atoms with Crippen LogP contribution in [0.4, 0.5) is 27.6 Å². The highest BCUT2D eigenvalue weighted by Crippen LogP contribution is 2.29. The van der Waals surface area contributed by atoms with Gasteiger partial charge in [-0.1, -0.05) is 6.07 Å².